The Kier molecular flexibility index (Phi) is 5.25. The molecule has 2 aromatic heterocycles. The first-order valence-electron chi connectivity index (χ1n) is 9.64. The van der Waals surface area contributed by atoms with E-state index in [1.54, 1.807) is 12.1 Å². The van der Waals surface area contributed by atoms with E-state index < -0.39 is 0 Å². The highest BCUT2D eigenvalue weighted by Gasteiger charge is 2.23. The number of rotatable bonds is 5. The van der Waals surface area contributed by atoms with Crippen molar-refractivity contribution in [3.05, 3.63) is 71.2 Å². The number of hydrogen-bond donors (Lipinski definition) is 1. The number of aromatic nitrogens is 3. The average molecular weight is 379 g/mol. The van der Waals surface area contributed by atoms with Crippen LogP contribution in [0.25, 0.3) is 0 Å². The zero-order chi connectivity index (χ0) is 19.5. The van der Waals surface area contributed by atoms with Gasteiger partial charge in [0.2, 0.25) is 0 Å². The van der Waals surface area contributed by atoms with Gasteiger partial charge < -0.3 is 14.3 Å². The number of furan rings is 1. The molecule has 7 heteroatoms. The Labute approximate surface area is 164 Å². The molecule has 3 aromatic rings. The van der Waals surface area contributed by atoms with Gasteiger partial charge in [0.25, 0.3) is 5.91 Å². The SMILES string of the molecule is Cc1ccc(CN2CCc3nnc([C@@H](C)NC(=O)c4ccco4)n3CC2)cc1. The molecule has 0 aliphatic carbocycles. The fourth-order valence-electron chi connectivity index (χ4n) is 3.56. The van der Waals surface area contributed by atoms with Crippen LogP contribution in [0.5, 0.6) is 0 Å². The van der Waals surface area contributed by atoms with Gasteiger partial charge >= 0.3 is 0 Å². The highest BCUT2D eigenvalue weighted by atomic mass is 16.3. The highest BCUT2D eigenvalue weighted by molar-refractivity contribution is 5.91. The molecule has 0 spiro atoms. The van der Waals surface area contributed by atoms with E-state index in [0.717, 1.165) is 44.2 Å². The zero-order valence-electron chi connectivity index (χ0n) is 16.3. The van der Waals surface area contributed by atoms with E-state index in [1.165, 1.54) is 17.4 Å². The van der Waals surface area contributed by atoms with Gasteiger partial charge in [-0.05, 0) is 31.5 Å². The second-order valence-corrected chi connectivity index (χ2v) is 7.31. The first-order valence-corrected chi connectivity index (χ1v) is 9.64. The van der Waals surface area contributed by atoms with Crippen molar-refractivity contribution in [1.29, 1.82) is 0 Å². The minimum atomic E-state index is -0.248. The Balaban J connectivity index is 1.41. The number of hydrogen-bond acceptors (Lipinski definition) is 5. The number of amides is 1. The maximum atomic E-state index is 12.3. The Morgan fingerprint density at radius 1 is 1.18 bits per heavy atom. The lowest BCUT2D eigenvalue weighted by molar-refractivity contribution is 0.0909. The molecule has 1 N–H and O–H groups in total. The molecule has 146 valence electrons. The van der Waals surface area contributed by atoms with E-state index >= 15 is 0 Å². The topological polar surface area (TPSA) is 76.2 Å². The second kappa shape index (κ2) is 7.98. The Bertz CT molecular complexity index is 930. The number of nitrogens with one attached hydrogen (secondary N) is 1. The third-order valence-electron chi connectivity index (χ3n) is 5.15. The van der Waals surface area contributed by atoms with Gasteiger partial charge in [0.05, 0.1) is 12.3 Å². The van der Waals surface area contributed by atoms with E-state index in [4.69, 9.17) is 4.42 Å². The predicted molar refractivity (Wildman–Crippen MR) is 105 cm³/mol. The predicted octanol–water partition coefficient (Wildman–Crippen LogP) is 2.73. The quantitative estimate of drug-likeness (QED) is 0.738. The van der Waals surface area contributed by atoms with Crippen LogP contribution in [0.15, 0.2) is 47.1 Å². The minimum Gasteiger partial charge on any atom is -0.459 e. The van der Waals surface area contributed by atoms with Gasteiger partial charge in [-0.25, -0.2) is 0 Å². The monoisotopic (exact) mass is 379 g/mol. The van der Waals surface area contributed by atoms with Crippen LogP contribution >= 0.6 is 0 Å². The van der Waals surface area contributed by atoms with Gasteiger partial charge in [-0.15, -0.1) is 10.2 Å². The number of aryl methyl sites for hydroxylation is 1. The van der Waals surface area contributed by atoms with Crippen molar-refractivity contribution < 1.29 is 9.21 Å². The molecule has 7 nitrogen and oxygen atoms in total. The van der Waals surface area contributed by atoms with Gasteiger partial charge in [0.15, 0.2) is 11.6 Å². The van der Waals surface area contributed by atoms with Crippen LogP contribution < -0.4 is 5.32 Å². The lowest BCUT2D eigenvalue weighted by Gasteiger charge is -2.20. The second-order valence-electron chi connectivity index (χ2n) is 7.31. The lowest BCUT2D eigenvalue weighted by atomic mass is 10.1. The fraction of sp³-hybridized carbons (Fsp3) is 0.381. The molecule has 0 saturated carbocycles. The first kappa shape index (κ1) is 18.4. The molecule has 0 saturated heterocycles. The maximum absolute atomic E-state index is 12.3. The van der Waals surface area contributed by atoms with Gasteiger partial charge in [0.1, 0.15) is 5.82 Å². The summed E-state index contributed by atoms with van der Waals surface area (Å²) in [7, 11) is 0. The van der Waals surface area contributed by atoms with Gasteiger partial charge in [-0.2, -0.15) is 0 Å². The molecule has 28 heavy (non-hydrogen) atoms. The largest absolute Gasteiger partial charge is 0.459 e. The van der Waals surface area contributed by atoms with E-state index in [1.807, 2.05) is 6.92 Å². The molecule has 0 bridgehead atoms. The fourth-order valence-corrected chi connectivity index (χ4v) is 3.56. The summed E-state index contributed by atoms with van der Waals surface area (Å²) < 4.78 is 7.30. The number of carbonyl (C=O) groups excluding carboxylic acids is 1. The summed E-state index contributed by atoms with van der Waals surface area (Å²) in [6.45, 7) is 7.63. The van der Waals surface area contributed by atoms with Crippen molar-refractivity contribution in [2.45, 2.75) is 39.4 Å². The highest BCUT2D eigenvalue weighted by Crippen LogP contribution is 2.17. The number of benzene rings is 1. The molecule has 1 aliphatic heterocycles. The third kappa shape index (κ3) is 3.99. The molecular weight excluding hydrogens is 354 g/mol. The van der Waals surface area contributed by atoms with Crippen LogP contribution in [0.2, 0.25) is 0 Å². The third-order valence-corrected chi connectivity index (χ3v) is 5.15. The van der Waals surface area contributed by atoms with Gasteiger partial charge in [-0.3, -0.25) is 9.69 Å². The van der Waals surface area contributed by atoms with Crippen molar-refractivity contribution in [2.24, 2.45) is 0 Å². The Morgan fingerprint density at radius 3 is 2.75 bits per heavy atom. The summed E-state index contributed by atoms with van der Waals surface area (Å²) in [4.78, 5) is 14.7. The standard InChI is InChI=1S/C21H25N5O2/c1-15-5-7-17(8-6-15)14-25-10-9-19-23-24-20(26(19)12-11-25)16(2)22-21(27)18-4-3-13-28-18/h3-8,13,16H,9-12,14H2,1-2H3,(H,22,27)/t16-/m1/s1. The van der Waals surface area contributed by atoms with Crippen molar-refractivity contribution in [2.75, 3.05) is 13.1 Å². The molecule has 1 aliphatic rings. The van der Waals surface area contributed by atoms with Gasteiger partial charge in [0, 0.05) is 32.6 Å². The average Bonchev–Trinajstić information content (AvgIpc) is 3.32. The Morgan fingerprint density at radius 2 is 2.00 bits per heavy atom. The van der Waals surface area contributed by atoms with Crippen LogP contribution in [0.3, 0.4) is 0 Å². The Hall–Kier alpha value is -2.93. The van der Waals surface area contributed by atoms with Crippen molar-refractivity contribution in [3.8, 4) is 0 Å². The van der Waals surface area contributed by atoms with Crippen LogP contribution in [0.4, 0.5) is 0 Å². The van der Waals surface area contributed by atoms with Gasteiger partial charge in [-0.1, -0.05) is 29.8 Å². The van der Waals surface area contributed by atoms with Crippen molar-refractivity contribution in [3.63, 3.8) is 0 Å². The van der Waals surface area contributed by atoms with E-state index in [9.17, 15) is 4.79 Å². The number of fused-ring (bicyclic) bond motifs is 1. The molecule has 0 unspecified atom stereocenters. The summed E-state index contributed by atoms with van der Waals surface area (Å²) in [5.74, 6) is 1.81. The molecule has 1 atom stereocenters. The van der Waals surface area contributed by atoms with Crippen LogP contribution in [0.1, 0.15) is 46.3 Å². The molecule has 3 heterocycles. The smallest absolute Gasteiger partial charge is 0.287 e. The lowest BCUT2D eigenvalue weighted by Crippen LogP contribution is -2.30. The van der Waals surface area contributed by atoms with E-state index in [-0.39, 0.29) is 11.9 Å². The molecule has 0 fully saturated rings. The summed E-state index contributed by atoms with van der Waals surface area (Å²) in [6, 6.07) is 11.8. The van der Waals surface area contributed by atoms with Crippen LogP contribution in [-0.4, -0.2) is 38.7 Å². The number of nitrogens with zero attached hydrogens (tertiary/aromatic N) is 4. The first-order chi connectivity index (χ1) is 13.6. The van der Waals surface area contributed by atoms with Crippen molar-refractivity contribution in [1.82, 2.24) is 25.0 Å². The summed E-state index contributed by atoms with van der Waals surface area (Å²) in [5, 5.41) is 11.7. The van der Waals surface area contributed by atoms with Crippen LogP contribution in [-0.2, 0) is 19.5 Å². The molecular formula is C21H25N5O2. The summed E-state index contributed by atoms with van der Waals surface area (Å²) >= 11 is 0. The normalized spacial score (nSPS) is 15.6. The molecule has 1 amide bonds. The summed E-state index contributed by atoms with van der Waals surface area (Å²) in [6.07, 6.45) is 2.34. The number of carbonyl (C=O) groups is 1. The van der Waals surface area contributed by atoms with Crippen LogP contribution in [0, 0.1) is 6.92 Å². The molecule has 4 rings (SSSR count). The zero-order valence-corrected chi connectivity index (χ0v) is 16.3. The minimum absolute atomic E-state index is 0.246. The molecule has 0 radical (unpaired) electrons. The van der Waals surface area contributed by atoms with Crippen molar-refractivity contribution >= 4 is 5.91 Å². The van der Waals surface area contributed by atoms with E-state index in [0.29, 0.717) is 5.76 Å². The van der Waals surface area contributed by atoms with E-state index in [2.05, 4.69) is 56.2 Å². The summed E-state index contributed by atoms with van der Waals surface area (Å²) in [5.41, 5.74) is 2.60. The molecule has 1 aromatic carbocycles. The maximum Gasteiger partial charge on any atom is 0.287 e.